The fourth-order valence-electron chi connectivity index (χ4n) is 2.02. The second-order valence-electron chi connectivity index (χ2n) is 4.98. The number of ether oxygens (including phenoxy) is 1. The molecule has 0 radical (unpaired) electrons. The standard InChI is InChI=1S/C15H15ClFNO6S/c1-4-25(21,22)18(3)15-14(23-8(2)19)12(20)13(24-15)9-6-5-7-10(16)11(9)17/h5-7,20H,4H2,1-3H3. The van der Waals surface area contributed by atoms with Gasteiger partial charge in [-0.1, -0.05) is 17.7 Å². The molecular formula is C15H15ClFNO6S. The molecule has 0 atom stereocenters. The maximum atomic E-state index is 14.2. The SMILES string of the molecule is CCS(=O)(=O)N(C)c1oc(-c2cccc(Cl)c2F)c(O)c1OC(C)=O. The van der Waals surface area contributed by atoms with Crippen LogP contribution in [0.1, 0.15) is 13.8 Å². The number of furan rings is 1. The van der Waals surface area contributed by atoms with Gasteiger partial charge in [0.25, 0.3) is 5.88 Å². The molecule has 2 aromatic rings. The van der Waals surface area contributed by atoms with Crippen molar-refractivity contribution in [3.05, 3.63) is 29.0 Å². The highest BCUT2D eigenvalue weighted by Crippen LogP contribution is 2.49. The summed E-state index contributed by atoms with van der Waals surface area (Å²) < 4.78 is 49.3. The van der Waals surface area contributed by atoms with Crippen LogP contribution in [0.3, 0.4) is 0 Å². The van der Waals surface area contributed by atoms with E-state index >= 15 is 0 Å². The van der Waals surface area contributed by atoms with Crippen molar-refractivity contribution < 1.29 is 31.9 Å². The molecule has 0 bridgehead atoms. The van der Waals surface area contributed by atoms with Crippen LogP contribution >= 0.6 is 11.6 Å². The first-order valence-electron chi connectivity index (χ1n) is 7.05. The lowest BCUT2D eigenvalue weighted by atomic mass is 10.1. The van der Waals surface area contributed by atoms with Crippen molar-refractivity contribution >= 4 is 33.5 Å². The van der Waals surface area contributed by atoms with Crippen LogP contribution in [-0.4, -0.2) is 32.3 Å². The van der Waals surface area contributed by atoms with Crippen LogP contribution in [-0.2, 0) is 14.8 Å². The molecule has 7 nitrogen and oxygen atoms in total. The summed E-state index contributed by atoms with van der Waals surface area (Å²) in [5.41, 5.74) is -0.216. The Bertz CT molecular complexity index is 924. The molecule has 0 aliphatic heterocycles. The topological polar surface area (TPSA) is 97.1 Å². The average molecular weight is 392 g/mol. The van der Waals surface area contributed by atoms with Gasteiger partial charge in [-0.3, -0.25) is 4.79 Å². The van der Waals surface area contributed by atoms with E-state index in [0.29, 0.717) is 4.31 Å². The number of aromatic hydroxyl groups is 1. The summed E-state index contributed by atoms with van der Waals surface area (Å²) >= 11 is 5.71. The molecule has 0 saturated carbocycles. The van der Waals surface area contributed by atoms with Gasteiger partial charge in [-0.25, -0.2) is 17.1 Å². The third-order valence-corrected chi connectivity index (χ3v) is 5.36. The number of benzene rings is 1. The van der Waals surface area contributed by atoms with Gasteiger partial charge in [0, 0.05) is 14.0 Å². The largest absolute Gasteiger partial charge is 0.502 e. The zero-order valence-corrected chi connectivity index (χ0v) is 15.1. The summed E-state index contributed by atoms with van der Waals surface area (Å²) in [5.74, 6) is -4.09. The van der Waals surface area contributed by atoms with Gasteiger partial charge >= 0.3 is 5.97 Å². The molecule has 0 spiro atoms. The van der Waals surface area contributed by atoms with Crippen molar-refractivity contribution in [1.82, 2.24) is 0 Å². The number of nitrogens with zero attached hydrogens (tertiary/aromatic N) is 1. The van der Waals surface area contributed by atoms with Gasteiger partial charge in [-0.2, -0.15) is 0 Å². The van der Waals surface area contributed by atoms with Gasteiger partial charge < -0.3 is 14.3 Å². The van der Waals surface area contributed by atoms with Crippen LogP contribution in [0.15, 0.2) is 22.6 Å². The number of rotatable bonds is 5. The third-order valence-electron chi connectivity index (χ3n) is 3.33. The molecular weight excluding hydrogens is 377 g/mol. The molecule has 1 heterocycles. The number of halogens is 2. The summed E-state index contributed by atoms with van der Waals surface area (Å²) in [6.07, 6.45) is 0. The van der Waals surface area contributed by atoms with Crippen LogP contribution in [0.25, 0.3) is 11.3 Å². The van der Waals surface area contributed by atoms with E-state index in [9.17, 15) is 22.7 Å². The minimum Gasteiger partial charge on any atom is -0.502 e. The van der Waals surface area contributed by atoms with Crippen LogP contribution in [0.4, 0.5) is 10.3 Å². The van der Waals surface area contributed by atoms with Crippen LogP contribution < -0.4 is 9.04 Å². The fourth-order valence-corrected chi connectivity index (χ4v) is 2.96. The summed E-state index contributed by atoms with van der Waals surface area (Å²) in [7, 11) is -2.64. The zero-order valence-electron chi connectivity index (χ0n) is 13.5. The van der Waals surface area contributed by atoms with Crippen molar-refractivity contribution in [3.63, 3.8) is 0 Å². The number of sulfonamides is 1. The first kappa shape index (κ1) is 19.1. The molecule has 1 aromatic heterocycles. The molecule has 0 fully saturated rings. The average Bonchev–Trinajstić information content (AvgIpc) is 2.85. The molecule has 0 aliphatic rings. The van der Waals surface area contributed by atoms with Crippen molar-refractivity contribution in [2.24, 2.45) is 0 Å². The van der Waals surface area contributed by atoms with Gasteiger partial charge in [0.15, 0.2) is 11.6 Å². The zero-order chi connectivity index (χ0) is 18.9. The van der Waals surface area contributed by atoms with E-state index in [2.05, 4.69) is 0 Å². The number of hydrogen-bond donors (Lipinski definition) is 1. The first-order valence-corrected chi connectivity index (χ1v) is 9.04. The predicted octanol–water partition coefficient (Wildman–Crippen LogP) is 3.16. The van der Waals surface area contributed by atoms with E-state index in [4.69, 9.17) is 20.8 Å². The van der Waals surface area contributed by atoms with E-state index in [1.807, 2.05) is 0 Å². The highest BCUT2D eigenvalue weighted by Gasteiger charge is 2.32. The van der Waals surface area contributed by atoms with Crippen LogP contribution in [0, 0.1) is 5.82 Å². The molecule has 10 heteroatoms. The quantitative estimate of drug-likeness (QED) is 0.786. The van der Waals surface area contributed by atoms with E-state index in [1.165, 1.54) is 25.1 Å². The van der Waals surface area contributed by atoms with E-state index in [1.54, 1.807) is 0 Å². The fraction of sp³-hybridized carbons (Fsp3) is 0.267. The molecule has 0 unspecified atom stereocenters. The maximum absolute atomic E-state index is 14.2. The number of carbonyl (C=O) groups is 1. The monoisotopic (exact) mass is 391 g/mol. The Labute approximate surface area is 148 Å². The molecule has 1 aromatic carbocycles. The van der Waals surface area contributed by atoms with Crippen molar-refractivity contribution in [1.29, 1.82) is 0 Å². The van der Waals surface area contributed by atoms with Crippen molar-refractivity contribution in [3.8, 4) is 22.8 Å². The molecule has 1 N–H and O–H groups in total. The Morgan fingerprint density at radius 2 is 2.08 bits per heavy atom. The van der Waals surface area contributed by atoms with Gasteiger partial charge in [-0.05, 0) is 19.1 Å². The number of esters is 1. The van der Waals surface area contributed by atoms with E-state index < -0.39 is 45.0 Å². The lowest BCUT2D eigenvalue weighted by Crippen LogP contribution is -2.28. The maximum Gasteiger partial charge on any atom is 0.308 e. The minimum atomic E-state index is -3.80. The summed E-state index contributed by atoms with van der Waals surface area (Å²) in [5, 5.41) is 10.1. The summed E-state index contributed by atoms with van der Waals surface area (Å²) in [4.78, 5) is 11.3. The summed E-state index contributed by atoms with van der Waals surface area (Å²) in [6.45, 7) is 2.46. The predicted molar refractivity (Wildman–Crippen MR) is 89.9 cm³/mol. The molecule has 25 heavy (non-hydrogen) atoms. The minimum absolute atomic E-state index is 0.216. The summed E-state index contributed by atoms with van der Waals surface area (Å²) in [6, 6.07) is 3.98. The molecule has 2 rings (SSSR count). The second-order valence-corrected chi connectivity index (χ2v) is 7.67. The Morgan fingerprint density at radius 3 is 2.64 bits per heavy atom. The van der Waals surface area contributed by atoms with Gasteiger partial charge in [0.1, 0.15) is 0 Å². The number of anilines is 1. The van der Waals surface area contributed by atoms with Gasteiger partial charge in [0.05, 0.1) is 16.3 Å². The Kier molecular flexibility index (Phi) is 5.28. The van der Waals surface area contributed by atoms with E-state index in [-0.39, 0.29) is 16.3 Å². The van der Waals surface area contributed by atoms with Crippen LogP contribution in [0.5, 0.6) is 11.5 Å². The lowest BCUT2D eigenvalue weighted by molar-refractivity contribution is -0.132. The first-order chi connectivity index (χ1) is 11.6. The second kappa shape index (κ2) is 6.93. The highest BCUT2D eigenvalue weighted by molar-refractivity contribution is 7.92. The number of hydrogen-bond acceptors (Lipinski definition) is 6. The van der Waals surface area contributed by atoms with E-state index in [0.717, 1.165) is 14.0 Å². The van der Waals surface area contributed by atoms with Crippen molar-refractivity contribution in [2.75, 3.05) is 17.1 Å². The number of carbonyl (C=O) groups excluding carboxylic acids is 1. The van der Waals surface area contributed by atoms with Crippen molar-refractivity contribution in [2.45, 2.75) is 13.8 Å². The Morgan fingerprint density at radius 1 is 1.44 bits per heavy atom. The lowest BCUT2D eigenvalue weighted by Gasteiger charge is -2.16. The van der Waals surface area contributed by atoms with Gasteiger partial charge in [-0.15, -0.1) is 0 Å². The third kappa shape index (κ3) is 3.57. The molecule has 0 aliphatic carbocycles. The highest BCUT2D eigenvalue weighted by atomic mass is 35.5. The molecule has 136 valence electrons. The molecule has 0 saturated heterocycles. The van der Waals surface area contributed by atoms with Gasteiger partial charge in [0.2, 0.25) is 21.5 Å². The normalized spacial score (nSPS) is 11.4. The Hall–Kier alpha value is -2.26. The van der Waals surface area contributed by atoms with Crippen LogP contribution in [0.2, 0.25) is 5.02 Å². The Balaban J connectivity index is 2.73. The smallest absolute Gasteiger partial charge is 0.308 e. The molecule has 0 amide bonds.